The normalized spacial score (nSPS) is 16.4. The van der Waals surface area contributed by atoms with Crippen molar-refractivity contribution in [1.29, 1.82) is 0 Å². The number of rotatable bonds is 6. The van der Waals surface area contributed by atoms with Gasteiger partial charge in [0.25, 0.3) is 11.8 Å². The Hall–Kier alpha value is -4.34. The van der Waals surface area contributed by atoms with Gasteiger partial charge in [-0.1, -0.05) is 18.2 Å². The number of nitrogens with one attached hydrogen (secondary N) is 1. The third-order valence-electron chi connectivity index (χ3n) is 7.82. The van der Waals surface area contributed by atoms with Crippen LogP contribution in [0.15, 0.2) is 60.7 Å². The molecule has 39 heavy (non-hydrogen) atoms. The van der Waals surface area contributed by atoms with E-state index >= 15 is 0 Å². The van der Waals surface area contributed by atoms with Gasteiger partial charge in [-0.15, -0.1) is 0 Å². The molecule has 2 fully saturated rings. The van der Waals surface area contributed by atoms with Crippen molar-refractivity contribution in [2.45, 2.75) is 31.7 Å². The molecule has 1 aliphatic carbocycles. The van der Waals surface area contributed by atoms with Gasteiger partial charge in [0.05, 0.1) is 17.6 Å². The van der Waals surface area contributed by atoms with Crippen molar-refractivity contribution >= 4 is 17.5 Å². The summed E-state index contributed by atoms with van der Waals surface area (Å²) in [6.07, 6.45) is 3.05. The van der Waals surface area contributed by atoms with Crippen LogP contribution in [0.4, 0.5) is 14.5 Å². The highest BCUT2D eigenvalue weighted by atomic mass is 19.1. The zero-order valence-electron chi connectivity index (χ0n) is 21.3. The minimum Gasteiger partial charge on any atom is -0.490 e. The van der Waals surface area contributed by atoms with Crippen molar-refractivity contribution in [2.75, 3.05) is 20.2 Å². The molecule has 1 spiro atoms. The number of amides is 2. The lowest BCUT2D eigenvalue weighted by molar-refractivity contribution is -0.385. The van der Waals surface area contributed by atoms with Gasteiger partial charge in [0, 0.05) is 36.8 Å². The van der Waals surface area contributed by atoms with Crippen LogP contribution in [0.3, 0.4) is 0 Å². The first-order valence-corrected chi connectivity index (χ1v) is 12.7. The molecule has 5 rings (SSSR count). The summed E-state index contributed by atoms with van der Waals surface area (Å²) in [5.74, 6) is -1.66. The second-order valence-electron chi connectivity index (χ2n) is 10.2. The molecule has 2 aliphatic rings. The number of nitro groups is 1. The van der Waals surface area contributed by atoms with Crippen molar-refractivity contribution in [3.63, 3.8) is 0 Å². The number of nitro benzene ring substituents is 1. The fourth-order valence-electron chi connectivity index (χ4n) is 5.61. The maximum absolute atomic E-state index is 14.7. The number of methoxy groups -OCH3 is 1. The lowest BCUT2D eigenvalue weighted by atomic mass is 9.60. The van der Waals surface area contributed by atoms with Crippen LogP contribution in [0.5, 0.6) is 5.75 Å². The van der Waals surface area contributed by atoms with Crippen LogP contribution < -0.4 is 10.1 Å². The molecule has 202 valence electrons. The van der Waals surface area contributed by atoms with Crippen LogP contribution in [0.1, 0.15) is 46.4 Å². The molecule has 0 bridgehead atoms. The molecule has 0 aromatic heterocycles. The molecule has 0 unspecified atom stereocenters. The van der Waals surface area contributed by atoms with E-state index in [-0.39, 0.29) is 40.2 Å². The molecular weight excluding hydrogens is 508 g/mol. The third kappa shape index (κ3) is 5.32. The number of ether oxygens (including phenoxy) is 1. The average molecular weight is 536 g/mol. The van der Waals surface area contributed by atoms with Gasteiger partial charge in [0.15, 0.2) is 5.75 Å². The molecule has 0 radical (unpaired) electrons. The highest BCUT2D eigenvalue weighted by Crippen LogP contribution is 2.49. The zero-order chi connectivity index (χ0) is 27.7. The number of hydrogen-bond donors (Lipinski definition) is 1. The molecule has 1 saturated carbocycles. The average Bonchev–Trinajstić information content (AvgIpc) is 2.92. The minimum atomic E-state index is -0.641. The Kier molecular flexibility index (Phi) is 7.03. The monoisotopic (exact) mass is 535 g/mol. The van der Waals surface area contributed by atoms with Crippen LogP contribution in [0, 0.1) is 27.2 Å². The van der Waals surface area contributed by atoms with E-state index < -0.39 is 16.6 Å². The molecule has 2 amide bonds. The van der Waals surface area contributed by atoms with Gasteiger partial charge in [-0.2, -0.15) is 0 Å². The van der Waals surface area contributed by atoms with Gasteiger partial charge in [-0.25, -0.2) is 8.78 Å². The third-order valence-corrected chi connectivity index (χ3v) is 7.82. The van der Waals surface area contributed by atoms with E-state index in [1.807, 2.05) is 0 Å². The molecule has 10 heteroatoms. The highest BCUT2D eigenvalue weighted by molar-refractivity contribution is 5.96. The Morgan fingerprint density at radius 2 is 1.67 bits per heavy atom. The SMILES string of the molecule is COc1cc(C(=O)N2CCC3(CC2)CC(NC(=O)c2ccc(-c4ccc(F)cc4)cc2F)C3)ccc1[N+](=O)[O-]. The van der Waals surface area contributed by atoms with E-state index in [2.05, 4.69) is 5.32 Å². The number of nitrogens with zero attached hydrogens (tertiary/aromatic N) is 2. The first-order valence-electron chi connectivity index (χ1n) is 12.7. The number of hydrogen-bond acceptors (Lipinski definition) is 5. The molecule has 3 aromatic carbocycles. The van der Waals surface area contributed by atoms with E-state index in [1.54, 1.807) is 23.1 Å². The summed E-state index contributed by atoms with van der Waals surface area (Å²) in [5.41, 5.74) is 1.33. The van der Waals surface area contributed by atoms with E-state index in [0.29, 0.717) is 29.8 Å². The molecule has 8 nitrogen and oxygen atoms in total. The summed E-state index contributed by atoms with van der Waals surface area (Å²) < 4.78 is 33.0. The number of carbonyl (C=O) groups is 2. The maximum atomic E-state index is 14.7. The van der Waals surface area contributed by atoms with Gasteiger partial charge < -0.3 is 15.0 Å². The Labute approximate surface area is 223 Å². The molecule has 1 saturated heterocycles. The Bertz CT molecular complexity index is 1430. The van der Waals surface area contributed by atoms with Gasteiger partial charge in [-0.3, -0.25) is 19.7 Å². The second-order valence-corrected chi connectivity index (χ2v) is 10.2. The molecular formula is C29H27F2N3O5. The van der Waals surface area contributed by atoms with Crippen LogP contribution in [0.25, 0.3) is 11.1 Å². The number of likely N-dealkylation sites (tertiary alicyclic amines) is 1. The molecule has 1 aliphatic heterocycles. The smallest absolute Gasteiger partial charge is 0.310 e. The summed E-state index contributed by atoms with van der Waals surface area (Å²) >= 11 is 0. The second kappa shape index (κ2) is 10.4. The van der Waals surface area contributed by atoms with Crippen LogP contribution in [-0.2, 0) is 0 Å². The van der Waals surface area contributed by atoms with Crippen molar-refractivity contribution in [1.82, 2.24) is 10.2 Å². The Balaban J connectivity index is 1.14. The quantitative estimate of drug-likeness (QED) is 0.338. The van der Waals surface area contributed by atoms with E-state index in [0.717, 1.165) is 25.7 Å². The summed E-state index contributed by atoms with van der Waals surface area (Å²) in [6.45, 7) is 1.08. The van der Waals surface area contributed by atoms with E-state index in [1.165, 1.54) is 49.6 Å². The van der Waals surface area contributed by atoms with Gasteiger partial charge in [0.2, 0.25) is 0 Å². The first kappa shape index (κ1) is 26.3. The summed E-state index contributed by atoms with van der Waals surface area (Å²) in [6, 6.07) is 14.1. The molecule has 1 N–H and O–H groups in total. The fourth-order valence-corrected chi connectivity index (χ4v) is 5.61. The zero-order valence-corrected chi connectivity index (χ0v) is 21.3. The van der Waals surface area contributed by atoms with Crippen molar-refractivity contribution in [2.24, 2.45) is 5.41 Å². The van der Waals surface area contributed by atoms with Crippen molar-refractivity contribution in [3.05, 3.63) is 93.5 Å². The molecule has 1 heterocycles. The predicted molar refractivity (Wildman–Crippen MR) is 140 cm³/mol. The molecule has 3 aromatic rings. The summed E-state index contributed by atoms with van der Waals surface area (Å²) in [4.78, 5) is 38.0. The van der Waals surface area contributed by atoms with Crippen molar-refractivity contribution < 1.29 is 28.0 Å². The summed E-state index contributed by atoms with van der Waals surface area (Å²) in [7, 11) is 1.32. The van der Waals surface area contributed by atoms with Crippen molar-refractivity contribution in [3.8, 4) is 16.9 Å². The number of piperidine rings is 1. The topological polar surface area (TPSA) is 102 Å². The lowest BCUT2D eigenvalue weighted by Crippen LogP contribution is -2.55. The minimum absolute atomic E-state index is 0.0207. The predicted octanol–water partition coefficient (Wildman–Crippen LogP) is 5.36. The number of carbonyl (C=O) groups excluding carboxylic acids is 2. The molecule has 0 atom stereocenters. The van der Waals surface area contributed by atoms with Crippen LogP contribution in [-0.4, -0.2) is 47.9 Å². The number of halogens is 2. The van der Waals surface area contributed by atoms with E-state index in [4.69, 9.17) is 4.74 Å². The lowest BCUT2D eigenvalue weighted by Gasteiger charge is -2.52. The van der Waals surface area contributed by atoms with Gasteiger partial charge >= 0.3 is 5.69 Å². The van der Waals surface area contributed by atoms with Gasteiger partial charge in [-0.05, 0) is 72.6 Å². The van der Waals surface area contributed by atoms with Crippen LogP contribution in [0.2, 0.25) is 0 Å². The largest absolute Gasteiger partial charge is 0.490 e. The number of benzene rings is 3. The Morgan fingerprint density at radius 3 is 2.28 bits per heavy atom. The Morgan fingerprint density at radius 1 is 1.00 bits per heavy atom. The maximum Gasteiger partial charge on any atom is 0.310 e. The fraction of sp³-hybridized carbons (Fsp3) is 0.310. The first-order chi connectivity index (χ1) is 18.7. The van der Waals surface area contributed by atoms with E-state index in [9.17, 15) is 28.5 Å². The van der Waals surface area contributed by atoms with Crippen LogP contribution >= 0.6 is 0 Å². The highest BCUT2D eigenvalue weighted by Gasteiger charge is 2.47. The van der Waals surface area contributed by atoms with Gasteiger partial charge in [0.1, 0.15) is 11.6 Å². The standard InChI is InChI=1S/C29H27F2N3O5/c1-39-26-15-20(5-9-25(26)34(37)38)28(36)33-12-10-29(11-13-33)16-22(17-29)32-27(35)23-8-4-19(14-24(23)31)18-2-6-21(30)7-3-18/h2-9,14-15,22H,10-13,16-17H2,1H3,(H,32,35). The summed E-state index contributed by atoms with van der Waals surface area (Å²) in [5, 5.41) is 14.0.